The van der Waals surface area contributed by atoms with Gasteiger partial charge in [0.25, 0.3) is 5.56 Å². The molecule has 0 unspecified atom stereocenters. The predicted octanol–water partition coefficient (Wildman–Crippen LogP) is 3.55. The van der Waals surface area contributed by atoms with Crippen molar-refractivity contribution in [3.63, 3.8) is 0 Å². The molecule has 0 saturated carbocycles. The quantitative estimate of drug-likeness (QED) is 0.705. The summed E-state index contributed by atoms with van der Waals surface area (Å²) in [6.07, 6.45) is 0.348. The summed E-state index contributed by atoms with van der Waals surface area (Å²) in [6.45, 7) is 1.81. The third-order valence-corrected chi connectivity index (χ3v) is 4.06. The summed E-state index contributed by atoms with van der Waals surface area (Å²) in [5.74, 6) is -0.0235. The Bertz CT molecular complexity index is 948. The zero-order chi connectivity index (χ0) is 17.8. The molecule has 5 heteroatoms. The molecule has 1 aromatic heterocycles. The average molecular weight is 353 g/mol. The number of hydrogen-bond acceptors (Lipinski definition) is 3. The standard InChI is InChI=1S/C20H17ClN2O2/c1-14-11-16(13-19(24)12-15-7-9-17(21)10-8-15)20(25)23(22-14)18-5-3-2-4-6-18/h2-11H,12-13H2,1H3. The van der Waals surface area contributed by atoms with Gasteiger partial charge in [-0.25, -0.2) is 0 Å². The fourth-order valence-corrected chi connectivity index (χ4v) is 2.78. The van der Waals surface area contributed by atoms with Crippen LogP contribution in [0.3, 0.4) is 0 Å². The number of rotatable bonds is 5. The number of nitrogens with zero attached hydrogens (tertiary/aromatic N) is 2. The number of para-hydroxylation sites is 1. The first kappa shape index (κ1) is 17.1. The maximum absolute atomic E-state index is 12.7. The number of Topliss-reactive ketones (excluding diaryl/α,β-unsaturated/α-hetero) is 1. The Kier molecular flexibility index (Phi) is 5.10. The van der Waals surface area contributed by atoms with Gasteiger partial charge >= 0.3 is 0 Å². The molecule has 0 spiro atoms. The van der Waals surface area contributed by atoms with Gasteiger partial charge in [0.15, 0.2) is 0 Å². The van der Waals surface area contributed by atoms with Crippen LogP contribution in [0.2, 0.25) is 5.02 Å². The Hall–Kier alpha value is -2.72. The summed E-state index contributed by atoms with van der Waals surface area (Å²) >= 11 is 5.86. The minimum absolute atomic E-state index is 0.0235. The summed E-state index contributed by atoms with van der Waals surface area (Å²) in [7, 11) is 0. The highest BCUT2D eigenvalue weighted by atomic mass is 35.5. The lowest BCUT2D eigenvalue weighted by Crippen LogP contribution is -2.27. The molecule has 0 saturated heterocycles. The molecule has 0 aliphatic carbocycles. The summed E-state index contributed by atoms with van der Waals surface area (Å²) in [5, 5.41) is 4.91. The van der Waals surface area contributed by atoms with Crippen molar-refractivity contribution in [3.8, 4) is 5.69 Å². The smallest absolute Gasteiger partial charge is 0.275 e. The Morgan fingerprint density at radius 3 is 2.40 bits per heavy atom. The Morgan fingerprint density at radius 1 is 1.04 bits per heavy atom. The van der Waals surface area contributed by atoms with Gasteiger partial charge in [-0.3, -0.25) is 9.59 Å². The summed E-state index contributed by atoms with van der Waals surface area (Å²) in [5.41, 5.74) is 2.44. The van der Waals surface area contributed by atoms with Crippen molar-refractivity contribution in [2.45, 2.75) is 19.8 Å². The Morgan fingerprint density at radius 2 is 1.72 bits per heavy atom. The maximum Gasteiger partial charge on any atom is 0.275 e. The second kappa shape index (κ2) is 7.45. The van der Waals surface area contributed by atoms with Crippen molar-refractivity contribution >= 4 is 17.4 Å². The van der Waals surface area contributed by atoms with E-state index >= 15 is 0 Å². The van der Waals surface area contributed by atoms with Gasteiger partial charge in [0.2, 0.25) is 0 Å². The van der Waals surface area contributed by atoms with E-state index in [2.05, 4.69) is 5.10 Å². The van der Waals surface area contributed by atoms with Crippen LogP contribution in [0.15, 0.2) is 65.5 Å². The number of aromatic nitrogens is 2. The van der Waals surface area contributed by atoms with Gasteiger partial charge in [0.05, 0.1) is 11.4 Å². The lowest BCUT2D eigenvalue weighted by atomic mass is 10.0. The number of carbonyl (C=O) groups excluding carboxylic acids is 1. The number of aryl methyl sites for hydroxylation is 1. The normalized spacial score (nSPS) is 10.6. The zero-order valence-electron chi connectivity index (χ0n) is 13.8. The first-order valence-corrected chi connectivity index (χ1v) is 8.32. The third-order valence-electron chi connectivity index (χ3n) is 3.81. The molecule has 0 atom stereocenters. The summed E-state index contributed by atoms with van der Waals surface area (Å²) in [4.78, 5) is 25.1. The number of benzene rings is 2. The first-order valence-electron chi connectivity index (χ1n) is 7.94. The summed E-state index contributed by atoms with van der Waals surface area (Å²) < 4.78 is 1.35. The number of carbonyl (C=O) groups is 1. The third kappa shape index (κ3) is 4.22. The molecule has 2 aromatic carbocycles. The van der Waals surface area contributed by atoms with Crippen LogP contribution in [0.4, 0.5) is 0 Å². The van der Waals surface area contributed by atoms with E-state index < -0.39 is 0 Å². The zero-order valence-corrected chi connectivity index (χ0v) is 14.5. The van der Waals surface area contributed by atoms with Gasteiger partial charge in [-0.15, -0.1) is 0 Å². The van der Waals surface area contributed by atoms with Crippen molar-refractivity contribution in [1.29, 1.82) is 0 Å². The van der Waals surface area contributed by atoms with E-state index in [-0.39, 0.29) is 24.2 Å². The Labute approximate surface area is 150 Å². The highest BCUT2D eigenvalue weighted by Crippen LogP contribution is 2.11. The van der Waals surface area contributed by atoms with Crippen molar-refractivity contribution in [2.75, 3.05) is 0 Å². The monoisotopic (exact) mass is 352 g/mol. The highest BCUT2D eigenvalue weighted by molar-refractivity contribution is 6.30. The van der Waals surface area contributed by atoms with E-state index in [1.807, 2.05) is 49.4 Å². The molecule has 0 N–H and O–H groups in total. The molecule has 4 nitrogen and oxygen atoms in total. The lowest BCUT2D eigenvalue weighted by molar-refractivity contribution is -0.117. The largest absolute Gasteiger partial charge is 0.299 e. The number of hydrogen-bond donors (Lipinski definition) is 0. The number of halogens is 1. The van der Waals surface area contributed by atoms with Crippen LogP contribution in [0.5, 0.6) is 0 Å². The van der Waals surface area contributed by atoms with Gasteiger partial charge in [-0.1, -0.05) is 41.9 Å². The summed E-state index contributed by atoms with van der Waals surface area (Å²) in [6, 6.07) is 18.0. The molecule has 0 aliphatic rings. The van der Waals surface area contributed by atoms with Crippen LogP contribution in [-0.2, 0) is 17.6 Å². The van der Waals surface area contributed by atoms with Gasteiger partial charge in [-0.2, -0.15) is 9.78 Å². The first-order chi connectivity index (χ1) is 12.0. The van der Waals surface area contributed by atoms with Gasteiger partial charge in [-0.05, 0) is 42.8 Å². The van der Waals surface area contributed by atoms with Crippen molar-refractivity contribution in [1.82, 2.24) is 9.78 Å². The fraction of sp³-hybridized carbons (Fsp3) is 0.150. The molecule has 0 aliphatic heterocycles. The molecule has 3 rings (SSSR count). The van der Waals surface area contributed by atoms with Crippen LogP contribution in [0, 0.1) is 6.92 Å². The van der Waals surface area contributed by atoms with Gasteiger partial charge in [0, 0.05) is 23.4 Å². The lowest BCUT2D eigenvalue weighted by Gasteiger charge is -2.09. The predicted molar refractivity (Wildman–Crippen MR) is 98.4 cm³/mol. The van der Waals surface area contributed by atoms with Crippen LogP contribution in [0.1, 0.15) is 16.8 Å². The van der Waals surface area contributed by atoms with Crippen LogP contribution < -0.4 is 5.56 Å². The molecule has 0 bridgehead atoms. The van der Waals surface area contributed by atoms with Crippen molar-refractivity contribution in [3.05, 3.63) is 92.9 Å². The van der Waals surface area contributed by atoms with Crippen molar-refractivity contribution in [2.24, 2.45) is 0 Å². The highest BCUT2D eigenvalue weighted by Gasteiger charge is 2.13. The number of ketones is 1. The topological polar surface area (TPSA) is 52.0 Å². The van der Waals surface area contributed by atoms with Crippen LogP contribution in [0.25, 0.3) is 5.69 Å². The van der Waals surface area contributed by atoms with Crippen molar-refractivity contribution < 1.29 is 4.79 Å². The Balaban J connectivity index is 1.85. The minimum Gasteiger partial charge on any atom is -0.299 e. The maximum atomic E-state index is 12.7. The molecule has 0 fully saturated rings. The second-order valence-electron chi connectivity index (χ2n) is 5.88. The van der Waals surface area contributed by atoms with E-state index in [9.17, 15) is 9.59 Å². The van der Waals surface area contributed by atoms with Crippen LogP contribution >= 0.6 is 11.6 Å². The van der Waals surface area contributed by atoms with E-state index in [0.29, 0.717) is 22.0 Å². The van der Waals surface area contributed by atoms with Gasteiger partial charge < -0.3 is 0 Å². The average Bonchev–Trinajstić information content (AvgIpc) is 2.60. The van der Waals surface area contributed by atoms with E-state index in [1.165, 1.54) is 4.68 Å². The molecule has 126 valence electrons. The molecule has 3 aromatic rings. The van der Waals surface area contributed by atoms with E-state index in [4.69, 9.17) is 11.6 Å². The SMILES string of the molecule is Cc1cc(CC(=O)Cc2ccc(Cl)cc2)c(=O)n(-c2ccccc2)n1. The molecule has 0 amide bonds. The molecular formula is C20H17ClN2O2. The van der Waals surface area contributed by atoms with E-state index in [1.54, 1.807) is 18.2 Å². The second-order valence-corrected chi connectivity index (χ2v) is 6.32. The van der Waals surface area contributed by atoms with E-state index in [0.717, 1.165) is 5.56 Å². The molecule has 1 heterocycles. The van der Waals surface area contributed by atoms with Gasteiger partial charge in [0.1, 0.15) is 5.78 Å². The minimum atomic E-state index is -0.263. The van der Waals surface area contributed by atoms with Crippen LogP contribution in [-0.4, -0.2) is 15.6 Å². The molecular weight excluding hydrogens is 336 g/mol. The molecule has 25 heavy (non-hydrogen) atoms. The fourth-order valence-electron chi connectivity index (χ4n) is 2.66. The molecule has 0 radical (unpaired) electrons.